The second-order valence-corrected chi connectivity index (χ2v) is 5.39. The van der Waals surface area contributed by atoms with Crippen molar-refractivity contribution >= 4 is 0 Å². The monoisotopic (exact) mass is 286 g/mol. The molecule has 3 heteroatoms. The molecule has 1 N–H and O–H groups in total. The third kappa shape index (κ3) is 4.64. The van der Waals surface area contributed by atoms with Crippen molar-refractivity contribution in [1.29, 1.82) is 0 Å². The molecule has 1 aromatic carbocycles. The van der Waals surface area contributed by atoms with Crippen LogP contribution in [-0.2, 0) is 0 Å². The van der Waals surface area contributed by atoms with Crippen LogP contribution in [0.4, 0.5) is 4.39 Å². The minimum atomic E-state index is -0.189. The number of nitrogens with one attached hydrogen (secondary N) is 1. The first-order valence-corrected chi connectivity index (χ1v) is 7.63. The summed E-state index contributed by atoms with van der Waals surface area (Å²) >= 11 is 0. The van der Waals surface area contributed by atoms with Gasteiger partial charge in [-0.3, -0.25) is 4.98 Å². The van der Waals surface area contributed by atoms with Crippen LogP contribution >= 0.6 is 0 Å². The summed E-state index contributed by atoms with van der Waals surface area (Å²) in [5, 5.41) is 3.62. The van der Waals surface area contributed by atoms with Crippen LogP contribution in [0.25, 0.3) is 0 Å². The quantitative estimate of drug-likeness (QED) is 0.790. The van der Waals surface area contributed by atoms with E-state index in [4.69, 9.17) is 0 Å². The Morgan fingerprint density at radius 1 is 1.14 bits per heavy atom. The Morgan fingerprint density at radius 3 is 2.52 bits per heavy atom. The Hall–Kier alpha value is -1.74. The third-order valence-electron chi connectivity index (χ3n) is 3.70. The van der Waals surface area contributed by atoms with Crippen LogP contribution < -0.4 is 5.32 Å². The molecule has 1 heterocycles. The van der Waals surface area contributed by atoms with Crippen molar-refractivity contribution in [1.82, 2.24) is 10.3 Å². The maximum atomic E-state index is 13.1. The Kier molecular flexibility index (Phi) is 5.88. The lowest BCUT2D eigenvalue weighted by atomic mass is 9.99. The first-order valence-electron chi connectivity index (χ1n) is 7.63. The van der Waals surface area contributed by atoms with Crippen LogP contribution in [-0.4, -0.2) is 4.98 Å². The van der Waals surface area contributed by atoms with Gasteiger partial charge in [-0.05, 0) is 43.2 Å². The molecule has 1 unspecified atom stereocenters. The van der Waals surface area contributed by atoms with Gasteiger partial charge in [0.2, 0.25) is 0 Å². The molecule has 0 saturated heterocycles. The van der Waals surface area contributed by atoms with E-state index in [1.807, 2.05) is 36.5 Å². The molecule has 0 fully saturated rings. The smallest absolute Gasteiger partial charge is 0.123 e. The van der Waals surface area contributed by atoms with Crippen molar-refractivity contribution in [3.05, 3.63) is 65.7 Å². The average Bonchev–Trinajstić information content (AvgIpc) is 2.53. The molecule has 2 atom stereocenters. The van der Waals surface area contributed by atoms with Crippen LogP contribution in [0.2, 0.25) is 0 Å². The van der Waals surface area contributed by atoms with Crippen LogP contribution in [0.1, 0.15) is 56.5 Å². The van der Waals surface area contributed by atoms with Crippen molar-refractivity contribution < 1.29 is 4.39 Å². The Balaban J connectivity index is 2.10. The number of hydrogen-bond acceptors (Lipinski definition) is 2. The van der Waals surface area contributed by atoms with Gasteiger partial charge in [0, 0.05) is 18.3 Å². The zero-order valence-corrected chi connectivity index (χ0v) is 12.7. The summed E-state index contributed by atoms with van der Waals surface area (Å²) in [6, 6.07) is 13.1. The minimum Gasteiger partial charge on any atom is -0.302 e. The molecule has 0 aliphatic heterocycles. The first kappa shape index (κ1) is 15.6. The minimum absolute atomic E-state index is 0.165. The predicted molar refractivity (Wildman–Crippen MR) is 84.5 cm³/mol. The molecule has 2 aromatic rings. The number of halogens is 1. The summed E-state index contributed by atoms with van der Waals surface area (Å²) in [5.74, 6) is -0.189. The topological polar surface area (TPSA) is 24.9 Å². The normalized spacial score (nSPS) is 13.9. The summed E-state index contributed by atoms with van der Waals surface area (Å²) < 4.78 is 13.1. The number of benzene rings is 1. The number of pyridine rings is 1. The third-order valence-corrected chi connectivity index (χ3v) is 3.70. The summed E-state index contributed by atoms with van der Waals surface area (Å²) in [6.45, 7) is 4.30. The molecule has 21 heavy (non-hydrogen) atoms. The predicted octanol–water partition coefficient (Wildman–Crippen LogP) is 4.80. The molecule has 0 radical (unpaired) electrons. The van der Waals surface area contributed by atoms with Crippen molar-refractivity contribution in [2.45, 2.75) is 45.2 Å². The molecule has 0 saturated carbocycles. The molecule has 0 bridgehead atoms. The van der Waals surface area contributed by atoms with Crippen LogP contribution in [0, 0.1) is 5.82 Å². The molecule has 2 nitrogen and oxygen atoms in total. The van der Waals surface area contributed by atoms with E-state index in [1.54, 1.807) is 0 Å². The van der Waals surface area contributed by atoms with E-state index >= 15 is 0 Å². The lowest BCUT2D eigenvalue weighted by Gasteiger charge is -2.23. The van der Waals surface area contributed by atoms with Crippen molar-refractivity contribution in [3.63, 3.8) is 0 Å². The fourth-order valence-corrected chi connectivity index (χ4v) is 2.47. The highest BCUT2D eigenvalue weighted by atomic mass is 19.1. The molecular formula is C18H23FN2. The van der Waals surface area contributed by atoms with E-state index in [9.17, 15) is 4.39 Å². The maximum absolute atomic E-state index is 13.1. The van der Waals surface area contributed by atoms with Gasteiger partial charge in [0.15, 0.2) is 0 Å². The van der Waals surface area contributed by atoms with Gasteiger partial charge in [0.1, 0.15) is 5.82 Å². The summed E-state index contributed by atoms with van der Waals surface area (Å²) in [6.07, 6.45) is 5.15. The molecule has 1 aromatic heterocycles. The van der Waals surface area contributed by atoms with Gasteiger partial charge in [0.25, 0.3) is 0 Å². The maximum Gasteiger partial charge on any atom is 0.123 e. The standard InChI is InChI=1S/C18H23FN2/c1-3-4-7-18(15-9-11-16(19)12-10-15)21-14(2)17-8-5-6-13-20-17/h5-6,8-14,18,21H,3-4,7H2,1-2H3/t14-,18?/m1/s1. The van der Waals surface area contributed by atoms with Crippen molar-refractivity contribution in [3.8, 4) is 0 Å². The van der Waals surface area contributed by atoms with E-state index < -0.39 is 0 Å². The summed E-state index contributed by atoms with van der Waals surface area (Å²) in [7, 11) is 0. The highest BCUT2D eigenvalue weighted by Crippen LogP contribution is 2.23. The van der Waals surface area contributed by atoms with Gasteiger partial charge in [-0.1, -0.05) is 38.0 Å². The van der Waals surface area contributed by atoms with E-state index in [2.05, 4.69) is 24.1 Å². The number of aromatic nitrogens is 1. The van der Waals surface area contributed by atoms with Gasteiger partial charge in [-0.25, -0.2) is 4.39 Å². The molecule has 2 rings (SSSR count). The van der Waals surface area contributed by atoms with Gasteiger partial charge in [-0.2, -0.15) is 0 Å². The van der Waals surface area contributed by atoms with Gasteiger partial charge < -0.3 is 5.32 Å². The van der Waals surface area contributed by atoms with E-state index in [1.165, 1.54) is 12.1 Å². The van der Waals surface area contributed by atoms with Crippen molar-refractivity contribution in [2.24, 2.45) is 0 Å². The van der Waals surface area contributed by atoms with Gasteiger partial charge >= 0.3 is 0 Å². The second kappa shape index (κ2) is 7.89. The number of unbranched alkanes of at least 4 members (excludes halogenated alkanes) is 1. The molecule has 0 spiro atoms. The summed E-state index contributed by atoms with van der Waals surface area (Å²) in [5.41, 5.74) is 2.16. The zero-order chi connectivity index (χ0) is 15.1. The van der Waals surface area contributed by atoms with E-state index in [0.717, 1.165) is 30.5 Å². The van der Waals surface area contributed by atoms with Crippen LogP contribution in [0.5, 0.6) is 0 Å². The highest BCUT2D eigenvalue weighted by Gasteiger charge is 2.15. The molecule has 0 aliphatic rings. The second-order valence-electron chi connectivity index (χ2n) is 5.39. The lowest BCUT2D eigenvalue weighted by molar-refractivity contribution is 0.426. The number of rotatable bonds is 7. The fourth-order valence-electron chi connectivity index (χ4n) is 2.47. The largest absolute Gasteiger partial charge is 0.302 e. The van der Waals surface area contributed by atoms with E-state index in [-0.39, 0.29) is 17.9 Å². The van der Waals surface area contributed by atoms with Crippen LogP contribution in [0.3, 0.4) is 0 Å². The van der Waals surface area contributed by atoms with E-state index in [0.29, 0.717) is 0 Å². The van der Waals surface area contributed by atoms with Crippen molar-refractivity contribution in [2.75, 3.05) is 0 Å². The number of nitrogens with zero attached hydrogens (tertiary/aromatic N) is 1. The fraction of sp³-hybridized carbons (Fsp3) is 0.389. The Labute approximate surface area is 126 Å². The molecule has 0 aliphatic carbocycles. The average molecular weight is 286 g/mol. The lowest BCUT2D eigenvalue weighted by Crippen LogP contribution is -2.25. The molecule has 112 valence electrons. The van der Waals surface area contributed by atoms with Gasteiger partial charge in [-0.15, -0.1) is 0 Å². The Morgan fingerprint density at radius 2 is 1.90 bits per heavy atom. The Bertz CT molecular complexity index is 525. The molecular weight excluding hydrogens is 263 g/mol. The van der Waals surface area contributed by atoms with Gasteiger partial charge in [0.05, 0.1) is 5.69 Å². The van der Waals surface area contributed by atoms with Crippen LogP contribution in [0.15, 0.2) is 48.7 Å². The number of hydrogen-bond donors (Lipinski definition) is 1. The first-order chi connectivity index (χ1) is 10.2. The highest BCUT2D eigenvalue weighted by molar-refractivity contribution is 5.20. The molecule has 0 amide bonds. The summed E-state index contributed by atoms with van der Waals surface area (Å²) in [4.78, 5) is 4.40. The SMILES string of the molecule is CCCCC(N[C@H](C)c1ccccn1)c1ccc(F)cc1. The zero-order valence-electron chi connectivity index (χ0n) is 12.7.